The number of thiazole rings is 1. The quantitative estimate of drug-likeness (QED) is 0.0215. The first kappa shape index (κ1) is 79.5. The molecule has 3 saturated heterocycles. The van der Waals surface area contributed by atoms with Crippen LogP contribution in [0.5, 0.6) is 11.6 Å². The molecule has 12 rings (SSSR count). The van der Waals surface area contributed by atoms with Crippen molar-refractivity contribution in [2.24, 2.45) is 11.3 Å². The fourth-order valence-electron chi connectivity index (χ4n) is 14.6. The van der Waals surface area contributed by atoms with Crippen LogP contribution in [-0.4, -0.2) is 195 Å². The second-order valence-electron chi connectivity index (χ2n) is 29.2. The van der Waals surface area contributed by atoms with Gasteiger partial charge in [0.25, 0.3) is 31.6 Å². The summed E-state index contributed by atoms with van der Waals surface area (Å²) in [4.78, 5) is 68.8. The van der Waals surface area contributed by atoms with E-state index in [2.05, 4.69) is 56.6 Å². The van der Waals surface area contributed by atoms with Gasteiger partial charge in [-0.15, -0.1) is 23.1 Å². The van der Waals surface area contributed by atoms with Crippen molar-refractivity contribution in [3.8, 4) is 22.1 Å². The molecule has 0 unspecified atom stereocenters. The number of β-amino-alcohol motifs (C(OH)–C–C–N with tert-alkyl or cyclic N) is 1. The molecule has 0 bridgehead atoms. The zero-order valence-corrected chi connectivity index (χ0v) is 64.5. The molecule has 3 fully saturated rings. The Morgan fingerprint density at radius 2 is 1.63 bits per heavy atom. The number of ether oxygens (including phenoxy) is 2. The number of unbranched alkanes of at least 4 members (excludes halogenated alkanes) is 1. The number of carbonyl (C=O) groups is 4. The number of carbonyl (C=O) groups excluding carboxylic acids is 4. The number of hydrogen-bond donors (Lipinski definition) is 5. The third kappa shape index (κ3) is 19.2. The summed E-state index contributed by atoms with van der Waals surface area (Å²) in [6, 6.07) is 30.9. The predicted molar refractivity (Wildman–Crippen MR) is 407 cm³/mol. The molecule has 5 aliphatic rings. The van der Waals surface area contributed by atoms with Gasteiger partial charge >= 0.3 is 5.51 Å². The summed E-state index contributed by atoms with van der Waals surface area (Å²) < 4.78 is 118. The highest BCUT2D eigenvalue weighted by atomic mass is 35.5. The normalized spacial score (nSPS) is 19.1. The number of rotatable bonds is 29. The lowest BCUT2D eigenvalue weighted by Gasteiger charge is -2.43. The van der Waals surface area contributed by atoms with Crippen molar-refractivity contribution >= 4 is 95.1 Å². The molecular weight excluding hydrogens is 1490 g/mol. The van der Waals surface area contributed by atoms with Crippen molar-refractivity contribution in [3.63, 3.8) is 0 Å². The van der Waals surface area contributed by atoms with E-state index in [1.165, 1.54) is 51.3 Å². The highest BCUT2D eigenvalue weighted by Crippen LogP contribution is 2.45. The molecule has 0 radical (unpaired) electrons. The van der Waals surface area contributed by atoms with Crippen LogP contribution in [0.4, 0.5) is 24.5 Å². The number of aliphatic hydroxyl groups excluding tert-OH is 2. The number of sulfonamides is 1. The Hall–Kier alpha value is -8.07. The number of benzene rings is 5. The summed E-state index contributed by atoms with van der Waals surface area (Å²) in [6.45, 7) is 13.4. The number of allylic oxidation sites excluding steroid dienone is 1. The number of amides is 4. The average Bonchev–Trinajstić information content (AvgIpc) is 1.25. The van der Waals surface area contributed by atoms with Crippen LogP contribution in [-0.2, 0) is 47.4 Å². The number of aromatic nitrogens is 2. The Kier molecular flexibility index (Phi) is 25.4. The van der Waals surface area contributed by atoms with Crippen molar-refractivity contribution in [1.82, 2.24) is 39.8 Å². The number of halogens is 4. The Bertz CT molecular complexity index is 4620. The molecule has 0 saturated carbocycles. The molecule has 2 aromatic heterocycles. The van der Waals surface area contributed by atoms with E-state index in [0.717, 1.165) is 70.1 Å². The zero-order chi connectivity index (χ0) is 76.7. The third-order valence-corrected chi connectivity index (χ3v) is 25.8. The molecule has 0 spiro atoms. The highest BCUT2D eigenvalue weighted by molar-refractivity contribution is 7.99. The molecule has 31 heteroatoms. The number of sulfone groups is 1. The summed E-state index contributed by atoms with van der Waals surface area (Å²) in [5, 5.41) is 32.1. The van der Waals surface area contributed by atoms with Gasteiger partial charge in [-0.1, -0.05) is 81.3 Å². The van der Waals surface area contributed by atoms with Gasteiger partial charge in [0, 0.05) is 129 Å². The number of nitrogens with one attached hydrogen (secondary N) is 3. The second-order valence-corrected chi connectivity index (χ2v) is 35.2. The Balaban J connectivity index is 0.612. The first-order valence-electron chi connectivity index (χ1n) is 36.3. The number of thioether (sulfide) groups is 1. The summed E-state index contributed by atoms with van der Waals surface area (Å²) in [5.41, 5.74) is 2.60. The van der Waals surface area contributed by atoms with Crippen LogP contribution in [0.1, 0.15) is 118 Å². The van der Waals surface area contributed by atoms with Gasteiger partial charge in [0.2, 0.25) is 17.7 Å². The summed E-state index contributed by atoms with van der Waals surface area (Å²) in [5.74, 6) is -1.77. The maximum absolute atomic E-state index is 14.6. The van der Waals surface area contributed by atoms with Crippen molar-refractivity contribution in [2.45, 2.75) is 143 Å². The molecule has 23 nitrogen and oxygen atoms in total. The molecule has 4 aliphatic heterocycles. The maximum atomic E-state index is 14.6. The number of nitrogens with zero attached hydrogens (tertiary/aromatic N) is 7. The molecule has 5 aromatic carbocycles. The van der Waals surface area contributed by atoms with Crippen LogP contribution in [0.2, 0.25) is 5.02 Å². The van der Waals surface area contributed by atoms with Crippen LogP contribution in [0.3, 0.4) is 0 Å². The third-order valence-electron chi connectivity index (χ3n) is 20.6. The second kappa shape index (κ2) is 34.5. The first-order chi connectivity index (χ1) is 51.6. The number of fused-ring (bicyclic) bond motifs is 3. The number of alkyl halides is 3. The molecule has 7 aromatic rings. The average molecular weight is 1580 g/mol. The Morgan fingerprint density at radius 1 is 0.880 bits per heavy atom. The minimum absolute atomic E-state index is 0.0365. The van der Waals surface area contributed by atoms with Crippen molar-refractivity contribution < 1.29 is 73.4 Å². The predicted octanol–water partition coefficient (Wildman–Crippen LogP) is 11.3. The van der Waals surface area contributed by atoms with E-state index in [-0.39, 0.29) is 85.4 Å². The number of piperazine rings is 2. The van der Waals surface area contributed by atoms with E-state index in [9.17, 15) is 59.4 Å². The van der Waals surface area contributed by atoms with Gasteiger partial charge in [0.1, 0.15) is 29.2 Å². The van der Waals surface area contributed by atoms with Crippen LogP contribution in [0.15, 0.2) is 152 Å². The fraction of sp³-hybridized carbons (Fsp3) is 0.455. The van der Waals surface area contributed by atoms with Gasteiger partial charge in [-0.2, -0.15) is 13.2 Å². The zero-order valence-electron chi connectivity index (χ0n) is 60.5. The monoisotopic (exact) mass is 1580 g/mol. The summed E-state index contributed by atoms with van der Waals surface area (Å²) in [7, 11) is -11.2. The largest absolute Gasteiger partial charge is 0.501 e. The minimum Gasteiger partial charge on any atom is -0.487 e. The highest BCUT2D eigenvalue weighted by Gasteiger charge is 2.49. The first-order valence-corrected chi connectivity index (χ1v) is 41.5. The van der Waals surface area contributed by atoms with Crippen LogP contribution in [0.25, 0.3) is 16.0 Å². The SMILES string of the molecule is CC(C)[C@@H](C(=O)N1C[C@H](O)C[C@H]1C(=O)NCc1ccc2c(c1)OCc1ncsc1-2)c1cc(OCCCCC(=O)N2CCN(CC[C@H](CSc3ccccc3)Nc3ccc(S(=O)(=O)NC(=O)c4ccc(N5CCN(CC6=C(c7ccc(Cl)cc7)CC(C)(C)CC6)C[C@H]5CO)cc4)cc3S(=O)(=O)C(F)(F)F)CC2)no1. The van der Waals surface area contributed by atoms with Gasteiger partial charge in [-0.3, -0.25) is 29.0 Å². The molecule has 5 atom stereocenters. The molecule has 5 N–H and O–H groups in total. The van der Waals surface area contributed by atoms with E-state index in [0.29, 0.717) is 101 Å². The lowest BCUT2D eigenvalue weighted by molar-refractivity contribution is -0.141. The molecular formula is C77H90ClF3N10O13S4. The molecule has 1 aliphatic carbocycles. The minimum atomic E-state index is -6.21. The summed E-state index contributed by atoms with van der Waals surface area (Å²) >= 11 is 9.17. The fourth-order valence-corrected chi connectivity index (χ4v) is 18.6. The van der Waals surface area contributed by atoms with Gasteiger partial charge < -0.3 is 49.5 Å². The van der Waals surface area contributed by atoms with Crippen LogP contribution in [0, 0.1) is 11.3 Å². The van der Waals surface area contributed by atoms with Crippen LogP contribution >= 0.6 is 34.7 Å². The number of aliphatic hydroxyl groups is 2. The number of anilines is 2. The summed E-state index contributed by atoms with van der Waals surface area (Å²) in [6.07, 6.45) is 3.57. The van der Waals surface area contributed by atoms with E-state index < -0.39 is 82.7 Å². The Labute approximate surface area is 640 Å². The number of hydrogen-bond acceptors (Lipinski definition) is 21. The van der Waals surface area contributed by atoms with Crippen molar-refractivity contribution in [3.05, 3.63) is 166 Å². The topological polar surface area (TPSA) is 287 Å². The molecule has 4 amide bonds. The standard InChI is InChI=1S/C77H90ClF3N10O13S4/c1-49(2)71(75(97)91-44-58(93)37-65(91)74(96)82-41-50-13-23-61-66(36-50)103-46-64-72(61)106-48-83-64)67-39-69(85-104-67)102-35-9-8-12-70(94)89-32-29-87(30-33-89)28-26-55(47-105-59-10-6-5-7-11-59)84-63-24-22-60(38-68(63)107(98,99)77(79,80)81)108(100,101)86-73(95)52-16-20-56(21-17-52)90-34-31-88(43-57(90)45-92)42-53-25-27-76(3,4)40-62(53)51-14-18-54(78)19-15-51/h5-7,10-11,13-24,36,38-39,48-49,55,57-58,65,71,84,92-93H,8-9,12,25-35,37,40-47H2,1-4H3,(H,82,96)(H,86,95)/t55-,57+,58-,65+,71-/m1/s1. The van der Waals surface area contributed by atoms with Gasteiger partial charge in [0.05, 0.1) is 52.0 Å². The Morgan fingerprint density at radius 3 is 2.36 bits per heavy atom. The van der Waals surface area contributed by atoms with Crippen LogP contribution < -0.4 is 29.7 Å². The molecule has 578 valence electrons. The van der Waals surface area contributed by atoms with E-state index >= 15 is 0 Å². The lowest BCUT2D eigenvalue weighted by atomic mass is 9.72. The molecule has 6 heterocycles. The van der Waals surface area contributed by atoms with Gasteiger partial charge in [-0.05, 0) is 151 Å². The van der Waals surface area contributed by atoms with Crippen molar-refractivity contribution in [1.29, 1.82) is 0 Å². The van der Waals surface area contributed by atoms with E-state index in [1.54, 1.807) is 28.6 Å². The lowest BCUT2D eigenvalue weighted by Crippen LogP contribution is -2.55. The number of likely N-dealkylation sites (tertiary alicyclic amines) is 1. The van der Waals surface area contributed by atoms with E-state index in [4.69, 9.17) is 25.6 Å². The van der Waals surface area contributed by atoms with Gasteiger partial charge in [-0.25, -0.2) is 26.5 Å². The van der Waals surface area contributed by atoms with Crippen molar-refractivity contribution in [2.75, 3.05) is 94.6 Å². The van der Waals surface area contributed by atoms with E-state index in [1.807, 2.05) is 84.1 Å². The maximum Gasteiger partial charge on any atom is 0.501 e. The molecule has 108 heavy (non-hydrogen) atoms. The van der Waals surface area contributed by atoms with Gasteiger partial charge in [0.15, 0.2) is 5.76 Å². The smallest absolute Gasteiger partial charge is 0.487 e.